The lowest BCUT2D eigenvalue weighted by molar-refractivity contribution is 0.0602. The minimum Gasteiger partial charge on any atom is -0.465 e. The molecule has 10 heteroatoms. The molecule has 7 nitrogen and oxygen atoms in total. The van der Waals surface area contributed by atoms with Gasteiger partial charge in [0, 0.05) is 4.47 Å². The van der Waals surface area contributed by atoms with E-state index in [0.29, 0.717) is 4.47 Å². The lowest BCUT2D eigenvalue weighted by Crippen LogP contribution is -2.36. The van der Waals surface area contributed by atoms with Gasteiger partial charge in [-0.2, -0.15) is 3.71 Å². The topological polar surface area (TPSA) is 97.8 Å². The number of ether oxygens (including phenoxy) is 1. The van der Waals surface area contributed by atoms with E-state index < -0.39 is 26.0 Å². The molecule has 0 aromatic heterocycles. The monoisotopic (exact) mass is 385 g/mol. The van der Waals surface area contributed by atoms with Crippen molar-refractivity contribution < 1.29 is 26.4 Å². The van der Waals surface area contributed by atoms with Crippen LogP contribution in [0, 0.1) is 0 Å². The highest BCUT2D eigenvalue weighted by molar-refractivity contribution is 9.10. The van der Waals surface area contributed by atoms with E-state index in [0.717, 1.165) is 19.6 Å². The molecule has 0 atom stereocenters. The highest BCUT2D eigenvalue weighted by Gasteiger charge is 2.31. The van der Waals surface area contributed by atoms with E-state index in [1.807, 2.05) is 0 Å². The molecule has 1 aromatic carbocycles. The van der Waals surface area contributed by atoms with E-state index in [9.17, 15) is 21.6 Å². The van der Waals surface area contributed by atoms with Gasteiger partial charge in [-0.1, -0.05) is 15.9 Å². The number of sulfonamides is 2. The smallest absolute Gasteiger partial charge is 0.340 e. The second-order valence-corrected chi connectivity index (χ2v) is 8.69. The molecule has 0 radical (unpaired) electrons. The van der Waals surface area contributed by atoms with Gasteiger partial charge in [0.25, 0.3) is 0 Å². The summed E-state index contributed by atoms with van der Waals surface area (Å²) in [7, 11) is -7.17. The van der Waals surface area contributed by atoms with Crippen LogP contribution in [0.4, 0.5) is 5.69 Å². The van der Waals surface area contributed by atoms with E-state index >= 15 is 0 Å². The van der Waals surface area contributed by atoms with Gasteiger partial charge in [-0.25, -0.2) is 21.6 Å². The molecule has 0 saturated heterocycles. The van der Waals surface area contributed by atoms with Gasteiger partial charge in [0.15, 0.2) is 0 Å². The number of hydrogen-bond donors (Lipinski definition) is 0. The molecule has 0 amide bonds. The molecule has 0 unspecified atom stereocenters. The van der Waals surface area contributed by atoms with Gasteiger partial charge in [-0.15, -0.1) is 0 Å². The Hall–Kier alpha value is -1.13. The Morgan fingerprint density at radius 3 is 2.05 bits per heavy atom. The number of halogens is 1. The minimum absolute atomic E-state index is 0.174. The second kappa shape index (κ2) is 5.70. The third kappa shape index (κ3) is 3.70. The third-order valence-electron chi connectivity index (χ3n) is 2.16. The van der Waals surface area contributed by atoms with E-state index in [1.54, 1.807) is 0 Å². The molecule has 1 aromatic rings. The van der Waals surface area contributed by atoms with Crippen LogP contribution in [0.2, 0.25) is 0 Å². The molecular weight excluding hydrogens is 374 g/mol. The van der Waals surface area contributed by atoms with Crippen LogP contribution in [0.1, 0.15) is 10.4 Å². The van der Waals surface area contributed by atoms with Crippen molar-refractivity contribution in [2.24, 2.45) is 0 Å². The first-order valence-corrected chi connectivity index (χ1v) is 9.56. The molecule has 0 fully saturated rings. The Labute approximate surface area is 125 Å². The standard InChI is InChI=1S/C10H12BrNO6S2/c1-18-10(13)8-5-4-7(11)6-9(8)12(19(2,14)15)20(3,16)17/h4-6H,1-3H3. The first kappa shape index (κ1) is 16.9. The van der Waals surface area contributed by atoms with Crippen molar-refractivity contribution in [3.8, 4) is 0 Å². The Morgan fingerprint density at radius 1 is 1.15 bits per heavy atom. The maximum Gasteiger partial charge on any atom is 0.340 e. The van der Waals surface area contributed by atoms with Gasteiger partial charge in [-0.05, 0) is 18.2 Å². The van der Waals surface area contributed by atoms with Gasteiger partial charge in [0.1, 0.15) is 0 Å². The number of rotatable bonds is 4. The highest BCUT2D eigenvalue weighted by Crippen LogP contribution is 2.29. The number of carbonyl (C=O) groups is 1. The zero-order valence-electron chi connectivity index (χ0n) is 10.8. The van der Waals surface area contributed by atoms with E-state index in [2.05, 4.69) is 20.7 Å². The summed E-state index contributed by atoms with van der Waals surface area (Å²) in [6.07, 6.45) is 1.46. The summed E-state index contributed by atoms with van der Waals surface area (Å²) in [5.74, 6) is -0.843. The molecule has 0 aliphatic rings. The molecular formula is C10H12BrNO6S2. The van der Waals surface area contributed by atoms with E-state index in [1.165, 1.54) is 18.2 Å². The third-order valence-corrected chi connectivity index (χ3v) is 5.88. The van der Waals surface area contributed by atoms with Crippen molar-refractivity contribution >= 4 is 47.6 Å². The van der Waals surface area contributed by atoms with Gasteiger partial charge in [0.05, 0.1) is 30.9 Å². The van der Waals surface area contributed by atoms with E-state index in [4.69, 9.17) is 0 Å². The Morgan fingerprint density at radius 2 is 1.65 bits per heavy atom. The zero-order chi connectivity index (χ0) is 15.7. The number of hydrogen-bond acceptors (Lipinski definition) is 6. The zero-order valence-corrected chi connectivity index (χ0v) is 14.0. The minimum atomic E-state index is -4.14. The highest BCUT2D eigenvalue weighted by atomic mass is 79.9. The predicted molar refractivity (Wildman–Crippen MR) is 77.6 cm³/mol. The molecule has 20 heavy (non-hydrogen) atoms. The average Bonchev–Trinajstić information content (AvgIpc) is 2.24. The predicted octanol–water partition coefficient (Wildman–Crippen LogP) is 0.961. The Kier molecular flexibility index (Phi) is 4.82. The molecule has 1 rings (SSSR count). The summed E-state index contributed by atoms with van der Waals surface area (Å²) in [5, 5.41) is 0. The van der Waals surface area contributed by atoms with Gasteiger partial charge < -0.3 is 4.74 Å². The van der Waals surface area contributed by atoms with Crippen LogP contribution in [0.5, 0.6) is 0 Å². The van der Waals surface area contributed by atoms with Crippen LogP contribution in [0.15, 0.2) is 22.7 Å². The quantitative estimate of drug-likeness (QED) is 0.715. The lowest BCUT2D eigenvalue weighted by Gasteiger charge is -2.22. The summed E-state index contributed by atoms with van der Waals surface area (Å²) in [6.45, 7) is 0. The van der Waals surface area contributed by atoms with Gasteiger partial charge in [0.2, 0.25) is 20.0 Å². The average molecular weight is 386 g/mol. The molecule has 0 N–H and O–H groups in total. The number of nitrogens with zero attached hydrogens (tertiary/aromatic N) is 1. The van der Waals surface area contributed by atoms with Crippen LogP contribution < -0.4 is 3.71 Å². The molecule has 0 spiro atoms. The summed E-state index contributed by atoms with van der Waals surface area (Å²) < 4.78 is 52.1. The van der Waals surface area contributed by atoms with Gasteiger partial charge >= 0.3 is 5.97 Å². The van der Waals surface area contributed by atoms with Crippen molar-refractivity contribution in [3.05, 3.63) is 28.2 Å². The number of anilines is 1. The number of methoxy groups -OCH3 is 1. The normalized spacial score (nSPS) is 12.0. The molecule has 0 saturated carbocycles. The second-order valence-electron chi connectivity index (χ2n) is 3.88. The van der Waals surface area contributed by atoms with Gasteiger partial charge in [-0.3, -0.25) is 0 Å². The van der Waals surface area contributed by atoms with Crippen LogP contribution in [0.25, 0.3) is 0 Å². The lowest BCUT2D eigenvalue weighted by atomic mass is 10.2. The number of benzene rings is 1. The number of esters is 1. The molecule has 0 bridgehead atoms. The van der Waals surface area contributed by atoms with Crippen LogP contribution in [0.3, 0.4) is 0 Å². The number of carbonyl (C=O) groups excluding carboxylic acids is 1. The van der Waals surface area contributed by atoms with Crippen LogP contribution in [-0.2, 0) is 24.8 Å². The maximum atomic E-state index is 11.7. The van der Waals surface area contributed by atoms with Crippen molar-refractivity contribution in [3.63, 3.8) is 0 Å². The molecule has 0 heterocycles. The fourth-order valence-electron chi connectivity index (χ4n) is 1.54. The van der Waals surface area contributed by atoms with Crippen molar-refractivity contribution in [2.75, 3.05) is 23.3 Å². The van der Waals surface area contributed by atoms with Crippen molar-refractivity contribution in [1.82, 2.24) is 0 Å². The Balaban J connectivity index is 3.73. The van der Waals surface area contributed by atoms with Crippen LogP contribution >= 0.6 is 15.9 Å². The van der Waals surface area contributed by atoms with Crippen molar-refractivity contribution in [2.45, 2.75) is 0 Å². The summed E-state index contributed by atoms with van der Waals surface area (Å²) in [5.41, 5.74) is -0.470. The first-order chi connectivity index (χ1) is 8.98. The maximum absolute atomic E-state index is 11.7. The Bertz CT molecular complexity index is 709. The molecule has 112 valence electrons. The van der Waals surface area contributed by atoms with E-state index in [-0.39, 0.29) is 15.0 Å². The largest absolute Gasteiger partial charge is 0.465 e. The summed E-state index contributed by atoms with van der Waals surface area (Å²) in [4.78, 5) is 11.7. The SMILES string of the molecule is COC(=O)c1ccc(Br)cc1N(S(C)(=O)=O)S(C)(=O)=O. The van der Waals surface area contributed by atoms with Crippen LogP contribution in [-0.4, -0.2) is 42.4 Å². The summed E-state index contributed by atoms with van der Waals surface area (Å²) in [6, 6.07) is 3.96. The summed E-state index contributed by atoms with van der Waals surface area (Å²) >= 11 is 3.10. The fraction of sp³-hybridized carbons (Fsp3) is 0.300. The molecule has 0 aliphatic carbocycles. The fourth-order valence-corrected chi connectivity index (χ4v) is 4.87. The van der Waals surface area contributed by atoms with Crippen molar-refractivity contribution in [1.29, 1.82) is 0 Å². The molecule has 0 aliphatic heterocycles. The first-order valence-electron chi connectivity index (χ1n) is 5.07.